The van der Waals surface area contributed by atoms with E-state index >= 15 is 0 Å². The lowest BCUT2D eigenvalue weighted by atomic mass is 10.2. The van der Waals surface area contributed by atoms with E-state index in [4.69, 9.17) is 4.74 Å². The molecule has 1 aromatic carbocycles. The van der Waals surface area contributed by atoms with Crippen molar-refractivity contribution in [2.24, 2.45) is 4.99 Å². The highest BCUT2D eigenvalue weighted by molar-refractivity contribution is 7.09. The highest BCUT2D eigenvalue weighted by atomic mass is 32.1. The van der Waals surface area contributed by atoms with Gasteiger partial charge in [0.2, 0.25) is 0 Å². The molecule has 0 saturated carbocycles. The molecule has 136 valence electrons. The monoisotopic (exact) mass is 360 g/mol. The van der Waals surface area contributed by atoms with Gasteiger partial charge in [0, 0.05) is 30.8 Å². The molecular formula is C19H28N4OS. The van der Waals surface area contributed by atoms with Gasteiger partial charge < -0.3 is 15.4 Å². The predicted octanol–water partition coefficient (Wildman–Crippen LogP) is 3.57. The summed E-state index contributed by atoms with van der Waals surface area (Å²) in [5.41, 5.74) is 2.30. The summed E-state index contributed by atoms with van der Waals surface area (Å²) < 4.78 is 5.18. The Bertz CT molecular complexity index is 664. The second-order valence-corrected chi connectivity index (χ2v) is 6.94. The maximum atomic E-state index is 5.18. The van der Waals surface area contributed by atoms with Crippen molar-refractivity contribution in [3.8, 4) is 5.75 Å². The number of ether oxygens (including phenoxy) is 1. The third-order valence-corrected chi connectivity index (χ3v) is 4.85. The molecular weight excluding hydrogens is 332 g/mol. The van der Waals surface area contributed by atoms with Crippen LogP contribution in [0.15, 0.2) is 34.6 Å². The van der Waals surface area contributed by atoms with Crippen LogP contribution in [0.4, 0.5) is 0 Å². The molecule has 5 nitrogen and oxygen atoms in total. The summed E-state index contributed by atoms with van der Waals surface area (Å²) in [4.78, 5) is 9.31. The summed E-state index contributed by atoms with van der Waals surface area (Å²) >= 11 is 1.74. The molecule has 0 spiro atoms. The fourth-order valence-corrected chi connectivity index (χ4v) is 3.12. The molecule has 0 aliphatic rings. The first-order chi connectivity index (χ1) is 12.1. The quantitative estimate of drug-likeness (QED) is 0.558. The summed E-state index contributed by atoms with van der Waals surface area (Å²) in [5.74, 6) is 2.19. The summed E-state index contributed by atoms with van der Waals surface area (Å²) in [5, 5.41) is 10.0. The number of aromatic nitrogens is 1. The van der Waals surface area contributed by atoms with E-state index in [1.165, 1.54) is 5.01 Å². The number of aliphatic imine (C=N–C) groups is 1. The van der Waals surface area contributed by atoms with Gasteiger partial charge in [0.05, 0.1) is 24.4 Å². The SMILES string of the molecule is CCNC(=NCc1ccc(OC)cc1)NCCc1csc(C(C)C)n1. The first kappa shape index (κ1) is 19.2. The van der Waals surface area contributed by atoms with Gasteiger partial charge in [-0.05, 0) is 24.6 Å². The Kier molecular flexibility index (Phi) is 7.73. The predicted molar refractivity (Wildman–Crippen MR) is 106 cm³/mol. The number of nitrogens with zero attached hydrogens (tertiary/aromatic N) is 2. The van der Waals surface area contributed by atoms with Crippen LogP contribution in [-0.2, 0) is 13.0 Å². The Balaban J connectivity index is 1.85. The largest absolute Gasteiger partial charge is 0.497 e. The molecule has 1 heterocycles. The van der Waals surface area contributed by atoms with Gasteiger partial charge in [-0.3, -0.25) is 0 Å². The molecule has 0 saturated heterocycles. The first-order valence-corrected chi connectivity index (χ1v) is 9.59. The third kappa shape index (κ3) is 6.38. The van der Waals surface area contributed by atoms with Crippen molar-refractivity contribution in [1.82, 2.24) is 15.6 Å². The molecule has 0 radical (unpaired) electrons. The van der Waals surface area contributed by atoms with Crippen molar-refractivity contribution in [2.75, 3.05) is 20.2 Å². The second-order valence-electron chi connectivity index (χ2n) is 6.05. The molecule has 0 fully saturated rings. The van der Waals surface area contributed by atoms with Crippen molar-refractivity contribution >= 4 is 17.3 Å². The van der Waals surface area contributed by atoms with E-state index in [-0.39, 0.29) is 0 Å². The number of hydrogen-bond acceptors (Lipinski definition) is 4. The Labute approximate surface area is 154 Å². The maximum absolute atomic E-state index is 5.18. The van der Waals surface area contributed by atoms with Gasteiger partial charge in [0.15, 0.2) is 5.96 Å². The zero-order valence-corrected chi connectivity index (χ0v) is 16.3. The Morgan fingerprint density at radius 3 is 2.60 bits per heavy atom. The lowest BCUT2D eigenvalue weighted by Gasteiger charge is -2.11. The maximum Gasteiger partial charge on any atom is 0.191 e. The van der Waals surface area contributed by atoms with E-state index in [9.17, 15) is 0 Å². The molecule has 0 atom stereocenters. The number of nitrogens with one attached hydrogen (secondary N) is 2. The molecule has 6 heteroatoms. The summed E-state index contributed by atoms with van der Waals surface area (Å²) in [7, 11) is 1.67. The summed E-state index contributed by atoms with van der Waals surface area (Å²) in [6.45, 7) is 8.71. The minimum Gasteiger partial charge on any atom is -0.497 e. The van der Waals surface area contributed by atoms with Crippen LogP contribution in [0, 0.1) is 0 Å². The summed E-state index contributed by atoms with van der Waals surface area (Å²) in [6.07, 6.45) is 0.899. The molecule has 0 aliphatic heterocycles. The number of benzene rings is 1. The van der Waals surface area contributed by atoms with Crippen molar-refractivity contribution in [3.63, 3.8) is 0 Å². The molecule has 2 N–H and O–H groups in total. The van der Waals surface area contributed by atoms with E-state index in [0.29, 0.717) is 12.5 Å². The number of guanidine groups is 1. The standard InChI is InChI=1S/C19H28N4OS/c1-5-20-19(22-12-15-6-8-17(24-4)9-7-15)21-11-10-16-13-25-18(23-16)14(2)3/h6-9,13-14H,5,10-12H2,1-4H3,(H2,20,21,22). The van der Waals surface area contributed by atoms with Crippen LogP contribution >= 0.6 is 11.3 Å². The van der Waals surface area contributed by atoms with Crippen LogP contribution in [0.3, 0.4) is 0 Å². The molecule has 0 amide bonds. The van der Waals surface area contributed by atoms with Gasteiger partial charge >= 0.3 is 0 Å². The van der Waals surface area contributed by atoms with E-state index in [2.05, 4.69) is 46.8 Å². The lowest BCUT2D eigenvalue weighted by Crippen LogP contribution is -2.38. The van der Waals surface area contributed by atoms with Crippen molar-refractivity contribution in [1.29, 1.82) is 0 Å². The van der Waals surface area contributed by atoms with Gasteiger partial charge in [-0.25, -0.2) is 9.98 Å². The molecule has 1 aromatic heterocycles. The van der Waals surface area contributed by atoms with Gasteiger partial charge in [-0.15, -0.1) is 11.3 Å². The van der Waals surface area contributed by atoms with E-state index in [1.807, 2.05) is 24.3 Å². The minimum atomic E-state index is 0.495. The number of thiazole rings is 1. The minimum absolute atomic E-state index is 0.495. The summed E-state index contributed by atoms with van der Waals surface area (Å²) in [6, 6.07) is 7.99. The second kappa shape index (κ2) is 10.0. The average Bonchev–Trinajstić information content (AvgIpc) is 3.09. The van der Waals surface area contributed by atoms with Crippen LogP contribution in [0.25, 0.3) is 0 Å². The zero-order valence-electron chi connectivity index (χ0n) is 15.5. The lowest BCUT2D eigenvalue weighted by molar-refractivity contribution is 0.414. The number of hydrogen-bond donors (Lipinski definition) is 2. The molecule has 0 bridgehead atoms. The highest BCUT2D eigenvalue weighted by Crippen LogP contribution is 2.19. The molecule has 2 aromatic rings. The van der Waals surface area contributed by atoms with Crippen molar-refractivity contribution < 1.29 is 4.74 Å². The van der Waals surface area contributed by atoms with E-state index in [0.717, 1.165) is 42.5 Å². The zero-order chi connectivity index (χ0) is 18.1. The van der Waals surface area contributed by atoms with Gasteiger partial charge in [0.1, 0.15) is 5.75 Å². The molecule has 2 rings (SSSR count). The highest BCUT2D eigenvalue weighted by Gasteiger charge is 2.06. The Morgan fingerprint density at radius 2 is 2.00 bits per heavy atom. The van der Waals surface area contributed by atoms with Crippen LogP contribution in [-0.4, -0.2) is 31.1 Å². The fraction of sp³-hybridized carbons (Fsp3) is 0.474. The van der Waals surface area contributed by atoms with Gasteiger partial charge in [-0.1, -0.05) is 26.0 Å². The first-order valence-electron chi connectivity index (χ1n) is 8.71. The van der Waals surface area contributed by atoms with Crippen LogP contribution < -0.4 is 15.4 Å². The Hall–Kier alpha value is -2.08. The number of methoxy groups -OCH3 is 1. The fourth-order valence-electron chi connectivity index (χ4n) is 2.25. The molecule has 25 heavy (non-hydrogen) atoms. The van der Waals surface area contributed by atoms with E-state index < -0.39 is 0 Å². The Morgan fingerprint density at radius 1 is 1.24 bits per heavy atom. The molecule has 0 unspecified atom stereocenters. The van der Waals surface area contributed by atoms with Crippen LogP contribution in [0.1, 0.15) is 43.0 Å². The average molecular weight is 361 g/mol. The number of rotatable bonds is 8. The van der Waals surface area contributed by atoms with Gasteiger partial charge in [-0.2, -0.15) is 0 Å². The molecule has 0 aliphatic carbocycles. The van der Waals surface area contributed by atoms with E-state index in [1.54, 1.807) is 18.4 Å². The smallest absolute Gasteiger partial charge is 0.191 e. The normalized spacial score (nSPS) is 11.6. The topological polar surface area (TPSA) is 58.5 Å². The third-order valence-electron chi connectivity index (χ3n) is 3.66. The van der Waals surface area contributed by atoms with Gasteiger partial charge in [0.25, 0.3) is 0 Å². The van der Waals surface area contributed by atoms with Crippen molar-refractivity contribution in [3.05, 3.63) is 45.9 Å². The van der Waals surface area contributed by atoms with Crippen LogP contribution in [0.2, 0.25) is 0 Å². The van der Waals surface area contributed by atoms with Crippen molar-refractivity contribution in [2.45, 2.75) is 39.7 Å². The van der Waals surface area contributed by atoms with Crippen LogP contribution in [0.5, 0.6) is 5.75 Å².